The SMILES string of the molecule is NC(=O)c1cccn1-c1ccc([N+](=O)[O-])cc1. The van der Waals surface area contributed by atoms with E-state index in [-0.39, 0.29) is 5.69 Å². The number of nitrogens with zero attached hydrogens (tertiary/aromatic N) is 2. The molecule has 1 heterocycles. The number of hydrogen-bond acceptors (Lipinski definition) is 3. The zero-order valence-corrected chi connectivity index (χ0v) is 8.74. The molecule has 0 fully saturated rings. The van der Waals surface area contributed by atoms with E-state index < -0.39 is 10.8 Å². The molecule has 86 valence electrons. The van der Waals surface area contributed by atoms with Gasteiger partial charge in [0.25, 0.3) is 11.6 Å². The number of non-ortho nitro benzene ring substituents is 1. The number of aromatic nitrogens is 1. The molecule has 1 aromatic carbocycles. The lowest BCUT2D eigenvalue weighted by molar-refractivity contribution is -0.384. The summed E-state index contributed by atoms with van der Waals surface area (Å²) in [5.41, 5.74) is 6.19. The predicted octanol–water partition coefficient (Wildman–Crippen LogP) is 1.48. The first kappa shape index (κ1) is 10.9. The standard InChI is InChI=1S/C11H9N3O3/c12-11(15)10-2-1-7-13(10)8-3-5-9(6-4-8)14(16)17/h1-7H,(H2,12,15). The molecule has 0 saturated heterocycles. The van der Waals surface area contributed by atoms with Crippen LogP contribution in [0.5, 0.6) is 0 Å². The second-order valence-electron chi connectivity index (χ2n) is 3.40. The van der Waals surface area contributed by atoms with Crippen LogP contribution in [0.2, 0.25) is 0 Å². The van der Waals surface area contributed by atoms with E-state index in [2.05, 4.69) is 0 Å². The quantitative estimate of drug-likeness (QED) is 0.640. The molecule has 2 N–H and O–H groups in total. The second-order valence-corrected chi connectivity index (χ2v) is 3.40. The van der Waals surface area contributed by atoms with E-state index >= 15 is 0 Å². The van der Waals surface area contributed by atoms with Crippen molar-refractivity contribution in [1.82, 2.24) is 4.57 Å². The molecule has 0 saturated carbocycles. The normalized spacial score (nSPS) is 10.1. The Morgan fingerprint density at radius 1 is 1.24 bits per heavy atom. The van der Waals surface area contributed by atoms with Crippen molar-refractivity contribution in [3.63, 3.8) is 0 Å². The van der Waals surface area contributed by atoms with Gasteiger partial charge in [-0.2, -0.15) is 0 Å². The summed E-state index contributed by atoms with van der Waals surface area (Å²) in [7, 11) is 0. The van der Waals surface area contributed by atoms with Crippen LogP contribution in [-0.4, -0.2) is 15.4 Å². The van der Waals surface area contributed by atoms with Gasteiger partial charge in [-0.25, -0.2) is 0 Å². The second kappa shape index (κ2) is 4.09. The molecule has 0 spiro atoms. The molecule has 2 rings (SSSR count). The molecule has 0 radical (unpaired) electrons. The van der Waals surface area contributed by atoms with Gasteiger partial charge in [0.15, 0.2) is 0 Å². The van der Waals surface area contributed by atoms with Crippen molar-refractivity contribution in [3.05, 3.63) is 58.4 Å². The Bertz CT molecular complexity index is 572. The van der Waals surface area contributed by atoms with Gasteiger partial charge in [-0.15, -0.1) is 0 Å². The third-order valence-electron chi connectivity index (χ3n) is 2.34. The summed E-state index contributed by atoms with van der Waals surface area (Å²) in [4.78, 5) is 21.1. The summed E-state index contributed by atoms with van der Waals surface area (Å²) >= 11 is 0. The van der Waals surface area contributed by atoms with Crippen molar-refractivity contribution in [3.8, 4) is 5.69 Å². The molecule has 0 bridgehead atoms. The molecule has 0 unspecified atom stereocenters. The fourth-order valence-electron chi connectivity index (χ4n) is 1.54. The Hall–Kier alpha value is -2.63. The third-order valence-corrected chi connectivity index (χ3v) is 2.34. The fourth-order valence-corrected chi connectivity index (χ4v) is 1.54. The maximum atomic E-state index is 11.1. The van der Waals surface area contributed by atoms with Gasteiger partial charge in [-0.3, -0.25) is 14.9 Å². The number of carbonyl (C=O) groups is 1. The predicted molar refractivity (Wildman–Crippen MR) is 60.9 cm³/mol. The number of nitro benzene ring substituents is 1. The zero-order valence-electron chi connectivity index (χ0n) is 8.74. The van der Waals surface area contributed by atoms with Crippen LogP contribution in [0.3, 0.4) is 0 Å². The third kappa shape index (κ3) is 2.00. The Kier molecular flexibility index (Phi) is 2.61. The van der Waals surface area contributed by atoms with Gasteiger partial charge in [0, 0.05) is 24.0 Å². The lowest BCUT2D eigenvalue weighted by Gasteiger charge is -2.05. The van der Waals surface area contributed by atoms with Crippen LogP contribution in [-0.2, 0) is 0 Å². The monoisotopic (exact) mass is 231 g/mol. The summed E-state index contributed by atoms with van der Waals surface area (Å²) in [5.74, 6) is -0.548. The number of benzene rings is 1. The first-order valence-corrected chi connectivity index (χ1v) is 4.81. The summed E-state index contributed by atoms with van der Waals surface area (Å²) in [6, 6.07) is 9.14. The highest BCUT2D eigenvalue weighted by Gasteiger charge is 2.09. The van der Waals surface area contributed by atoms with Crippen LogP contribution in [0.25, 0.3) is 5.69 Å². The first-order chi connectivity index (χ1) is 8.09. The van der Waals surface area contributed by atoms with Crippen LogP contribution < -0.4 is 5.73 Å². The Labute approximate surface area is 96.4 Å². The maximum Gasteiger partial charge on any atom is 0.269 e. The van der Waals surface area contributed by atoms with Gasteiger partial charge in [-0.05, 0) is 24.3 Å². The molecule has 0 aliphatic rings. The Morgan fingerprint density at radius 2 is 1.88 bits per heavy atom. The summed E-state index contributed by atoms with van der Waals surface area (Å²) in [5, 5.41) is 10.5. The lowest BCUT2D eigenvalue weighted by atomic mass is 10.2. The maximum absolute atomic E-state index is 11.1. The highest BCUT2D eigenvalue weighted by Crippen LogP contribution is 2.17. The van der Waals surface area contributed by atoms with Crippen molar-refractivity contribution in [2.75, 3.05) is 0 Å². The van der Waals surface area contributed by atoms with E-state index in [4.69, 9.17) is 5.73 Å². The minimum Gasteiger partial charge on any atom is -0.364 e. The highest BCUT2D eigenvalue weighted by molar-refractivity contribution is 5.91. The van der Waals surface area contributed by atoms with Gasteiger partial charge < -0.3 is 10.3 Å². The minimum atomic E-state index is -0.548. The molecule has 0 aliphatic heterocycles. The van der Waals surface area contributed by atoms with E-state index in [0.29, 0.717) is 11.4 Å². The molecule has 2 aromatic rings. The van der Waals surface area contributed by atoms with Gasteiger partial charge in [0.05, 0.1) is 4.92 Å². The highest BCUT2D eigenvalue weighted by atomic mass is 16.6. The topological polar surface area (TPSA) is 91.2 Å². The van der Waals surface area contributed by atoms with Crippen LogP contribution in [0, 0.1) is 10.1 Å². The molecule has 6 nitrogen and oxygen atoms in total. The van der Waals surface area contributed by atoms with Crippen molar-refractivity contribution < 1.29 is 9.72 Å². The number of nitro groups is 1. The van der Waals surface area contributed by atoms with Crippen LogP contribution in [0.1, 0.15) is 10.5 Å². The van der Waals surface area contributed by atoms with Crippen LogP contribution >= 0.6 is 0 Å². The van der Waals surface area contributed by atoms with Crippen LogP contribution in [0.15, 0.2) is 42.6 Å². The molecular formula is C11H9N3O3. The van der Waals surface area contributed by atoms with Gasteiger partial charge >= 0.3 is 0 Å². The van der Waals surface area contributed by atoms with E-state index in [1.54, 1.807) is 35.0 Å². The number of amides is 1. The van der Waals surface area contributed by atoms with Gasteiger partial charge in [-0.1, -0.05) is 0 Å². The summed E-state index contributed by atoms with van der Waals surface area (Å²) in [6.07, 6.45) is 1.67. The number of nitrogens with two attached hydrogens (primary N) is 1. The minimum absolute atomic E-state index is 0.00142. The van der Waals surface area contributed by atoms with Crippen LogP contribution in [0.4, 0.5) is 5.69 Å². The molecule has 1 amide bonds. The average molecular weight is 231 g/mol. The average Bonchev–Trinajstić information content (AvgIpc) is 2.78. The van der Waals surface area contributed by atoms with E-state index in [1.807, 2.05) is 0 Å². The summed E-state index contributed by atoms with van der Waals surface area (Å²) < 4.78 is 1.58. The van der Waals surface area contributed by atoms with Crippen molar-refractivity contribution in [2.45, 2.75) is 0 Å². The molecule has 0 atom stereocenters. The molecule has 0 aliphatic carbocycles. The molecular weight excluding hydrogens is 222 g/mol. The molecule has 17 heavy (non-hydrogen) atoms. The Morgan fingerprint density at radius 3 is 2.41 bits per heavy atom. The summed E-state index contributed by atoms with van der Waals surface area (Å²) in [6.45, 7) is 0. The van der Waals surface area contributed by atoms with Crippen molar-refractivity contribution in [1.29, 1.82) is 0 Å². The first-order valence-electron chi connectivity index (χ1n) is 4.81. The van der Waals surface area contributed by atoms with E-state index in [1.165, 1.54) is 12.1 Å². The van der Waals surface area contributed by atoms with Gasteiger partial charge in [0.1, 0.15) is 5.69 Å². The number of hydrogen-bond donors (Lipinski definition) is 1. The number of carbonyl (C=O) groups excluding carboxylic acids is 1. The zero-order chi connectivity index (χ0) is 12.4. The molecule has 6 heteroatoms. The molecule has 1 aromatic heterocycles. The van der Waals surface area contributed by atoms with Crippen molar-refractivity contribution in [2.24, 2.45) is 5.73 Å². The van der Waals surface area contributed by atoms with Gasteiger partial charge in [0.2, 0.25) is 0 Å². The number of rotatable bonds is 3. The Balaban J connectivity index is 2.43. The van der Waals surface area contributed by atoms with E-state index in [0.717, 1.165) is 0 Å². The van der Waals surface area contributed by atoms with Crippen molar-refractivity contribution >= 4 is 11.6 Å². The number of primary amides is 1. The lowest BCUT2D eigenvalue weighted by Crippen LogP contribution is -2.15. The van der Waals surface area contributed by atoms with E-state index in [9.17, 15) is 14.9 Å². The largest absolute Gasteiger partial charge is 0.364 e. The fraction of sp³-hybridized carbons (Fsp3) is 0. The smallest absolute Gasteiger partial charge is 0.269 e.